The van der Waals surface area contributed by atoms with Crippen molar-refractivity contribution in [1.29, 1.82) is 0 Å². The van der Waals surface area contributed by atoms with Crippen LogP contribution in [0.1, 0.15) is 6.92 Å². The number of ether oxygens (including phenoxy) is 1. The van der Waals surface area contributed by atoms with Gasteiger partial charge in [-0.2, -0.15) is 0 Å². The van der Waals surface area contributed by atoms with Gasteiger partial charge < -0.3 is 10.1 Å². The molecule has 2 rings (SSSR count). The number of rotatable bonds is 6. The third-order valence-corrected chi connectivity index (χ3v) is 5.31. The van der Waals surface area contributed by atoms with Crippen molar-refractivity contribution < 1.29 is 17.9 Å². The maximum absolute atomic E-state index is 12.5. The first-order valence-electron chi connectivity index (χ1n) is 6.98. The van der Waals surface area contributed by atoms with Crippen LogP contribution in [0.25, 0.3) is 0 Å². The van der Waals surface area contributed by atoms with Crippen LogP contribution < -0.4 is 14.8 Å². The van der Waals surface area contributed by atoms with Gasteiger partial charge in [0.15, 0.2) is 0 Å². The Morgan fingerprint density at radius 2 is 1.79 bits per heavy atom. The highest BCUT2D eigenvalue weighted by molar-refractivity contribution is 7.98. The standard InChI is InChI=1S/C16H18N2O4S2/c1-11(19)17-15-10-14(8-9-16(15)23-3)24(20,21)18-12-4-6-13(22-2)7-5-12/h4-10,18H,1-3H3,(H,17,19). The van der Waals surface area contributed by atoms with Crippen molar-refractivity contribution in [3.63, 3.8) is 0 Å². The molecule has 1 amide bonds. The van der Waals surface area contributed by atoms with E-state index in [9.17, 15) is 13.2 Å². The van der Waals surface area contributed by atoms with E-state index in [0.29, 0.717) is 17.1 Å². The molecule has 128 valence electrons. The summed E-state index contributed by atoms with van der Waals surface area (Å²) in [5.74, 6) is 0.373. The van der Waals surface area contributed by atoms with E-state index in [2.05, 4.69) is 10.0 Å². The van der Waals surface area contributed by atoms with Crippen LogP contribution in [0.4, 0.5) is 11.4 Å². The second-order valence-electron chi connectivity index (χ2n) is 4.88. The number of hydrogen-bond donors (Lipinski definition) is 2. The number of thioether (sulfide) groups is 1. The van der Waals surface area contributed by atoms with Crippen molar-refractivity contribution >= 4 is 39.1 Å². The van der Waals surface area contributed by atoms with E-state index in [1.807, 2.05) is 6.26 Å². The van der Waals surface area contributed by atoms with E-state index >= 15 is 0 Å². The number of hydrogen-bond acceptors (Lipinski definition) is 5. The Bertz CT molecular complexity index is 834. The molecule has 6 nitrogen and oxygen atoms in total. The molecule has 0 aromatic heterocycles. The first kappa shape index (κ1) is 18.2. The number of carbonyl (C=O) groups is 1. The molecule has 0 unspecified atom stereocenters. The van der Waals surface area contributed by atoms with Crippen molar-refractivity contribution in [2.75, 3.05) is 23.4 Å². The van der Waals surface area contributed by atoms with Crippen LogP contribution in [0, 0.1) is 0 Å². The molecule has 0 aliphatic carbocycles. The molecule has 2 aromatic carbocycles. The highest BCUT2D eigenvalue weighted by Crippen LogP contribution is 2.29. The molecule has 0 saturated heterocycles. The lowest BCUT2D eigenvalue weighted by atomic mass is 10.3. The lowest BCUT2D eigenvalue weighted by Crippen LogP contribution is -2.14. The Kier molecular flexibility index (Phi) is 5.74. The second-order valence-corrected chi connectivity index (χ2v) is 7.41. The summed E-state index contributed by atoms with van der Waals surface area (Å²) in [7, 11) is -2.23. The van der Waals surface area contributed by atoms with Gasteiger partial charge in [0.1, 0.15) is 5.75 Å². The van der Waals surface area contributed by atoms with Crippen molar-refractivity contribution in [3.8, 4) is 5.75 Å². The molecule has 0 fully saturated rings. The fraction of sp³-hybridized carbons (Fsp3) is 0.188. The minimum Gasteiger partial charge on any atom is -0.497 e. The summed E-state index contributed by atoms with van der Waals surface area (Å²) >= 11 is 1.42. The number of amides is 1. The molecule has 0 aliphatic rings. The second kappa shape index (κ2) is 7.59. The maximum Gasteiger partial charge on any atom is 0.261 e. The summed E-state index contributed by atoms with van der Waals surface area (Å²) in [4.78, 5) is 12.2. The highest BCUT2D eigenvalue weighted by atomic mass is 32.2. The van der Waals surface area contributed by atoms with Gasteiger partial charge in [-0.25, -0.2) is 8.42 Å². The largest absolute Gasteiger partial charge is 0.497 e. The van der Waals surface area contributed by atoms with Crippen LogP contribution in [-0.4, -0.2) is 27.7 Å². The Balaban J connectivity index is 2.32. The van der Waals surface area contributed by atoms with Gasteiger partial charge in [-0.1, -0.05) is 0 Å². The van der Waals surface area contributed by atoms with E-state index in [1.165, 1.54) is 37.9 Å². The molecule has 8 heteroatoms. The summed E-state index contributed by atoms with van der Waals surface area (Å²) < 4.78 is 32.6. The van der Waals surface area contributed by atoms with Gasteiger partial charge >= 0.3 is 0 Å². The van der Waals surface area contributed by atoms with Crippen molar-refractivity contribution in [2.24, 2.45) is 0 Å². The van der Waals surface area contributed by atoms with Crippen molar-refractivity contribution in [1.82, 2.24) is 0 Å². The molecular weight excluding hydrogens is 348 g/mol. The van der Waals surface area contributed by atoms with Crippen LogP contribution in [0.3, 0.4) is 0 Å². The zero-order valence-electron chi connectivity index (χ0n) is 13.5. The monoisotopic (exact) mass is 366 g/mol. The van der Waals surface area contributed by atoms with Crippen molar-refractivity contribution in [2.45, 2.75) is 16.7 Å². The third-order valence-electron chi connectivity index (χ3n) is 3.13. The topological polar surface area (TPSA) is 84.5 Å². The third kappa shape index (κ3) is 4.42. The summed E-state index contributed by atoms with van der Waals surface area (Å²) in [5, 5.41) is 2.65. The zero-order valence-corrected chi connectivity index (χ0v) is 15.1. The lowest BCUT2D eigenvalue weighted by molar-refractivity contribution is -0.114. The van der Waals surface area contributed by atoms with Gasteiger partial charge in [0.05, 0.1) is 17.7 Å². The first-order valence-corrected chi connectivity index (χ1v) is 9.69. The van der Waals surface area contributed by atoms with Crippen molar-refractivity contribution in [3.05, 3.63) is 42.5 Å². The number of nitrogens with one attached hydrogen (secondary N) is 2. The van der Waals surface area contributed by atoms with Crippen LogP contribution in [0.5, 0.6) is 5.75 Å². The van der Waals surface area contributed by atoms with E-state index in [4.69, 9.17) is 4.74 Å². The van der Waals surface area contributed by atoms with E-state index in [0.717, 1.165) is 4.90 Å². The molecule has 0 spiro atoms. The molecule has 0 heterocycles. The number of methoxy groups -OCH3 is 1. The average Bonchev–Trinajstić information content (AvgIpc) is 2.54. The van der Waals surface area contributed by atoms with Crippen LogP contribution in [0.15, 0.2) is 52.3 Å². The Labute approximate surface area is 145 Å². The zero-order chi connectivity index (χ0) is 17.7. The maximum atomic E-state index is 12.5. The van der Waals surface area contributed by atoms with Crippen LogP contribution in [-0.2, 0) is 14.8 Å². The quantitative estimate of drug-likeness (QED) is 0.767. The molecule has 0 bridgehead atoms. The Hall–Kier alpha value is -2.19. The number of sulfonamides is 1. The molecule has 0 atom stereocenters. The van der Waals surface area contributed by atoms with Gasteiger partial charge in [-0.3, -0.25) is 9.52 Å². The van der Waals surface area contributed by atoms with E-state index in [1.54, 1.807) is 30.3 Å². The van der Waals surface area contributed by atoms with Gasteiger partial charge in [0.25, 0.3) is 10.0 Å². The predicted molar refractivity (Wildman–Crippen MR) is 96.3 cm³/mol. The summed E-state index contributed by atoms with van der Waals surface area (Å²) in [6.07, 6.45) is 1.85. The molecule has 0 aliphatic heterocycles. The average molecular weight is 366 g/mol. The Morgan fingerprint density at radius 1 is 1.12 bits per heavy atom. The van der Waals surface area contributed by atoms with Gasteiger partial charge in [0.2, 0.25) is 5.91 Å². The van der Waals surface area contributed by atoms with Gasteiger partial charge in [-0.05, 0) is 48.7 Å². The summed E-state index contributed by atoms with van der Waals surface area (Å²) in [6, 6.07) is 11.2. The molecule has 2 N–H and O–H groups in total. The molecule has 0 radical (unpaired) electrons. The highest BCUT2D eigenvalue weighted by Gasteiger charge is 2.17. The SMILES string of the molecule is COc1ccc(NS(=O)(=O)c2ccc(SC)c(NC(C)=O)c2)cc1. The van der Waals surface area contributed by atoms with Gasteiger partial charge in [-0.15, -0.1) is 11.8 Å². The minimum absolute atomic E-state index is 0.0693. The lowest BCUT2D eigenvalue weighted by Gasteiger charge is -2.12. The van der Waals surface area contributed by atoms with E-state index in [-0.39, 0.29) is 10.8 Å². The molecular formula is C16H18N2O4S2. The molecule has 24 heavy (non-hydrogen) atoms. The fourth-order valence-electron chi connectivity index (χ4n) is 2.01. The summed E-state index contributed by atoms with van der Waals surface area (Å²) in [5.41, 5.74) is 0.887. The predicted octanol–water partition coefficient (Wildman–Crippen LogP) is 3.18. The normalized spacial score (nSPS) is 11.0. The first-order chi connectivity index (χ1) is 11.4. The fourth-order valence-corrected chi connectivity index (χ4v) is 3.63. The minimum atomic E-state index is -3.77. The van der Waals surface area contributed by atoms with E-state index < -0.39 is 10.0 Å². The number of anilines is 2. The Morgan fingerprint density at radius 3 is 2.33 bits per heavy atom. The molecule has 2 aromatic rings. The smallest absolute Gasteiger partial charge is 0.261 e. The van der Waals surface area contributed by atoms with Gasteiger partial charge in [0, 0.05) is 17.5 Å². The van der Waals surface area contributed by atoms with Crippen LogP contribution in [0.2, 0.25) is 0 Å². The summed E-state index contributed by atoms with van der Waals surface area (Å²) in [6.45, 7) is 1.38. The molecule has 0 saturated carbocycles. The number of benzene rings is 2. The van der Waals surface area contributed by atoms with Crippen LogP contribution >= 0.6 is 11.8 Å². The number of carbonyl (C=O) groups excluding carboxylic acids is 1.